The standard InChI is InChI=1S/C9H12ClN3/c1-3-4-7(2)13-9-11-5-8(10)6-12-9/h3,5-7H,1,4H2,2H3,(H,11,12,13). The average molecular weight is 198 g/mol. The van der Waals surface area contributed by atoms with E-state index in [0.29, 0.717) is 17.0 Å². The lowest BCUT2D eigenvalue weighted by Crippen LogP contribution is -2.15. The molecule has 4 heteroatoms. The fourth-order valence-corrected chi connectivity index (χ4v) is 1.01. The van der Waals surface area contributed by atoms with Gasteiger partial charge in [0, 0.05) is 6.04 Å². The van der Waals surface area contributed by atoms with Gasteiger partial charge in [-0.3, -0.25) is 0 Å². The highest BCUT2D eigenvalue weighted by Crippen LogP contribution is 2.07. The Morgan fingerprint density at radius 2 is 2.23 bits per heavy atom. The Morgan fingerprint density at radius 3 is 2.77 bits per heavy atom. The van der Waals surface area contributed by atoms with Crippen LogP contribution in [0.2, 0.25) is 5.02 Å². The van der Waals surface area contributed by atoms with Crippen LogP contribution in [0.1, 0.15) is 13.3 Å². The van der Waals surface area contributed by atoms with Gasteiger partial charge >= 0.3 is 0 Å². The van der Waals surface area contributed by atoms with Crippen molar-refractivity contribution in [1.29, 1.82) is 0 Å². The summed E-state index contributed by atoms with van der Waals surface area (Å²) in [6, 6.07) is 0.290. The van der Waals surface area contributed by atoms with Crippen LogP contribution in [-0.4, -0.2) is 16.0 Å². The first-order valence-electron chi connectivity index (χ1n) is 4.07. The van der Waals surface area contributed by atoms with Gasteiger partial charge < -0.3 is 5.32 Å². The van der Waals surface area contributed by atoms with Crippen molar-refractivity contribution < 1.29 is 0 Å². The molecular weight excluding hydrogens is 186 g/mol. The summed E-state index contributed by atoms with van der Waals surface area (Å²) in [4.78, 5) is 8.02. The normalized spacial score (nSPS) is 12.2. The highest BCUT2D eigenvalue weighted by Gasteiger charge is 2.00. The van der Waals surface area contributed by atoms with Crippen LogP contribution in [0.15, 0.2) is 25.0 Å². The SMILES string of the molecule is C=CCC(C)Nc1ncc(Cl)cn1. The zero-order valence-corrected chi connectivity index (χ0v) is 8.25. The molecule has 1 heterocycles. The van der Waals surface area contributed by atoms with Crippen LogP contribution in [0, 0.1) is 0 Å². The van der Waals surface area contributed by atoms with Gasteiger partial charge in [-0.2, -0.15) is 0 Å². The van der Waals surface area contributed by atoms with E-state index in [2.05, 4.69) is 21.9 Å². The van der Waals surface area contributed by atoms with Crippen molar-refractivity contribution in [2.24, 2.45) is 0 Å². The monoisotopic (exact) mass is 197 g/mol. The molecule has 1 aromatic rings. The van der Waals surface area contributed by atoms with E-state index in [1.165, 1.54) is 0 Å². The molecule has 70 valence electrons. The number of nitrogens with one attached hydrogen (secondary N) is 1. The Kier molecular flexibility index (Phi) is 3.71. The second-order valence-electron chi connectivity index (χ2n) is 2.79. The fraction of sp³-hybridized carbons (Fsp3) is 0.333. The Morgan fingerprint density at radius 1 is 1.62 bits per heavy atom. The smallest absolute Gasteiger partial charge is 0.222 e. The van der Waals surface area contributed by atoms with Gasteiger partial charge in [0.2, 0.25) is 5.95 Å². The highest BCUT2D eigenvalue weighted by molar-refractivity contribution is 6.30. The molecule has 0 saturated heterocycles. The van der Waals surface area contributed by atoms with Gasteiger partial charge in [0.15, 0.2) is 0 Å². The summed E-state index contributed by atoms with van der Waals surface area (Å²) in [5.41, 5.74) is 0. The van der Waals surface area contributed by atoms with Gasteiger partial charge in [0.05, 0.1) is 17.4 Å². The van der Waals surface area contributed by atoms with E-state index in [4.69, 9.17) is 11.6 Å². The molecule has 0 spiro atoms. The summed E-state index contributed by atoms with van der Waals surface area (Å²) >= 11 is 5.64. The second kappa shape index (κ2) is 4.82. The number of hydrogen-bond donors (Lipinski definition) is 1. The Labute approximate surface area is 82.9 Å². The Bertz CT molecular complexity index is 271. The first kappa shape index (κ1) is 9.99. The quantitative estimate of drug-likeness (QED) is 0.754. The lowest BCUT2D eigenvalue weighted by Gasteiger charge is -2.10. The molecule has 1 aromatic heterocycles. The molecule has 3 nitrogen and oxygen atoms in total. The molecule has 0 fully saturated rings. The summed E-state index contributed by atoms with van der Waals surface area (Å²) in [6.07, 6.45) is 5.87. The van der Waals surface area contributed by atoms with Crippen LogP contribution in [0.5, 0.6) is 0 Å². The molecular formula is C9H12ClN3. The fourth-order valence-electron chi connectivity index (χ4n) is 0.916. The number of anilines is 1. The van der Waals surface area contributed by atoms with E-state index in [-0.39, 0.29) is 0 Å². The molecule has 13 heavy (non-hydrogen) atoms. The van der Waals surface area contributed by atoms with Crippen LogP contribution in [0.3, 0.4) is 0 Å². The van der Waals surface area contributed by atoms with Crippen molar-refractivity contribution in [3.8, 4) is 0 Å². The Balaban J connectivity index is 2.53. The maximum Gasteiger partial charge on any atom is 0.222 e. The van der Waals surface area contributed by atoms with Gasteiger partial charge in [-0.15, -0.1) is 6.58 Å². The van der Waals surface area contributed by atoms with Gasteiger partial charge in [-0.25, -0.2) is 9.97 Å². The van der Waals surface area contributed by atoms with E-state index in [1.807, 2.05) is 13.0 Å². The first-order valence-corrected chi connectivity index (χ1v) is 4.45. The highest BCUT2D eigenvalue weighted by atomic mass is 35.5. The molecule has 0 amide bonds. The molecule has 1 unspecified atom stereocenters. The van der Waals surface area contributed by atoms with Crippen molar-refractivity contribution in [2.45, 2.75) is 19.4 Å². The van der Waals surface area contributed by atoms with E-state index in [0.717, 1.165) is 6.42 Å². The maximum atomic E-state index is 5.64. The van der Waals surface area contributed by atoms with E-state index >= 15 is 0 Å². The summed E-state index contributed by atoms with van der Waals surface area (Å²) in [7, 11) is 0. The number of hydrogen-bond acceptors (Lipinski definition) is 3. The number of halogens is 1. The van der Waals surface area contributed by atoms with Crippen LogP contribution in [0.25, 0.3) is 0 Å². The molecule has 1 N–H and O–H groups in total. The minimum absolute atomic E-state index is 0.290. The van der Waals surface area contributed by atoms with Crippen LogP contribution in [0.4, 0.5) is 5.95 Å². The summed E-state index contributed by atoms with van der Waals surface area (Å²) < 4.78 is 0. The number of rotatable bonds is 4. The third-order valence-electron chi connectivity index (χ3n) is 1.52. The van der Waals surface area contributed by atoms with Crippen molar-refractivity contribution in [2.75, 3.05) is 5.32 Å². The minimum atomic E-state index is 0.290. The summed E-state index contributed by atoms with van der Waals surface area (Å²) in [5.74, 6) is 0.596. The van der Waals surface area contributed by atoms with Crippen LogP contribution < -0.4 is 5.32 Å². The zero-order chi connectivity index (χ0) is 9.68. The van der Waals surface area contributed by atoms with Gasteiger partial charge in [-0.05, 0) is 13.3 Å². The molecule has 0 bridgehead atoms. The molecule has 0 aromatic carbocycles. The van der Waals surface area contributed by atoms with E-state index in [1.54, 1.807) is 12.4 Å². The van der Waals surface area contributed by atoms with Crippen molar-refractivity contribution in [1.82, 2.24) is 9.97 Å². The van der Waals surface area contributed by atoms with Crippen molar-refractivity contribution in [3.05, 3.63) is 30.1 Å². The van der Waals surface area contributed by atoms with Gasteiger partial charge in [0.25, 0.3) is 0 Å². The molecule has 0 saturated carbocycles. The van der Waals surface area contributed by atoms with Crippen LogP contribution >= 0.6 is 11.6 Å². The van der Waals surface area contributed by atoms with Crippen molar-refractivity contribution >= 4 is 17.5 Å². The third-order valence-corrected chi connectivity index (χ3v) is 1.71. The average Bonchev–Trinajstić information content (AvgIpc) is 2.09. The molecule has 0 radical (unpaired) electrons. The molecule has 1 atom stereocenters. The molecule has 0 aliphatic carbocycles. The molecule has 1 rings (SSSR count). The molecule has 0 aliphatic heterocycles. The predicted octanol–water partition coefficient (Wildman–Crippen LogP) is 2.51. The zero-order valence-electron chi connectivity index (χ0n) is 7.50. The minimum Gasteiger partial charge on any atom is -0.351 e. The summed E-state index contributed by atoms with van der Waals surface area (Å²) in [5, 5.41) is 3.66. The second-order valence-corrected chi connectivity index (χ2v) is 3.23. The third kappa shape index (κ3) is 3.42. The summed E-state index contributed by atoms with van der Waals surface area (Å²) in [6.45, 7) is 5.70. The first-order chi connectivity index (χ1) is 6.22. The number of aromatic nitrogens is 2. The van der Waals surface area contributed by atoms with E-state index in [9.17, 15) is 0 Å². The Hall–Kier alpha value is -1.09. The lowest BCUT2D eigenvalue weighted by molar-refractivity contribution is 0.798. The lowest BCUT2D eigenvalue weighted by atomic mass is 10.2. The predicted molar refractivity (Wildman–Crippen MR) is 54.9 cm³/mol. The molecule has 0 aliphatic rings. The van der Waals surface area contributed by atoms with Gasteiger partial charge in [-0.1, -0.05) is 17.7 Å². The van der Waals surface area contributed by atoms with Crippen LogP contribution in [-0.2, 0) is 0 Å². The topological polar surface area (TPSA) is 37.8 Å². The van der Waals surface area contributed by atoms with E-state index < -0.39 is 0 Å². The largest absolute Gasteiger partial charge is 0.351 e. The maximum absolute atomic E-state index is 5.64. The van der Waals surface area contributed by atoms with Gasteiger partial charge in [0.1, 0.15) is 0 Å². The number of nitrogens with zero attached hydrogens (tertiary/aromatic N) is 2. The van der Waals surface area contributed by atoms with Crippen molar-refractivity contribution in [3.63, 3.8) is 0 Å².